The number of carbonyl (C=O) groups is 1. The van der Waals surface area contributed by atoms with Crippen molar-refractivity contribution in [2.24, 2.45) is 7.05 Å². The first-order valence-electron chi connectivity index (χ1n) is 8.21. The highest BCUT2D eigenvalue weighted by Gasteiger charge is 2.26. The number of hydrogen-bond acceptors (Lipinski definition) is 5. The summed E-state index contributed by atoms with van der Waals surface area (Å²) in [6.07, 6.45) is 1.65. The summed E-state index contributed by atoms with van der Waals surface area (Å²) in [4.78, 5) is 12.9. The molecule has 134 valence electrons. The van der Waals surface area contributed by atoms with Crippen LogP contribution in [0.4, 0.5) is 5.82 Å². The van der Waals surface area contributed by atoms with E-state index in [0.717, 1.165) is 28.5 Å². The fourth-order valence-corrected chi connectivity index (χ4v) is 4.00. The Morgan fingerprint density at radius 1 is 1.23 bits per heavy atom. The van der Waals surface area contributed by atoms with Crippen molar-refractivity contribution < 1.29 is 9.53 Å². The number of thioether (sulfide) groups is 1. The van der Waals surface area contributed by atoms with Gasteiger partial charge in [-0.05, 0) is 19.1 Å². The van der Waals surface area contributed by atoms with Crippen LogP contribution in [-0.4, -0.2) is 32.6 Å². The Bertz CT molecular complexity index is 974. The molecule has 4 rings (SSSR count). The third-order valence-corrected chi connectivity index (χ3v) is 5.27. The quantitative estimate of drug-likeness (QED) is 0.765. The topological polar surface area (TPSA) is 74.0 Å². The molecular weight excluding hydrogens is 350 g/mol. The number of benzene rings is 1. The number of carbonyl (C=O) groups excluding carboxylic acids is 1. The van der Waals surface area contributed by atoms with Crippen LogP contribution in [0.25, 0.3) is 5.69 Å². The van der Waals surface area contributed by atoms with Crippen LogP contribution in [-0.2, 0) is 18.6 Å². The van der Waals surface area contributed by atoms with Gasteiger partial charge in [-0.1, -0.05) is 17.7 Å². The summed E-state index contributed by atoms with van der Waals surface area (Å²) in [5.74, 6) is 2.44. The van der Waals surface area contributed by atoms with Gasteiger partial charge in [-0.2, -0.15) is 16.9 Å². The van der Waals surface area contributed by atoms with Crippen LogP contribution in [0.2, 0.25) is 0 Å². The summed E-state index contributed by atoms with van der Waals surface area (Å²) < 4.78 is 8.58. The number of hydrogen-bond donors (Lipinski definition) is 1. The number of methoxy groups -OCH3 is 1. The minimum Gasteiger partial charge on any atom is -0.479 e. The summed E-state index contributed by atoms with van der Waals surface area (Å²) in [5, 5.41) is 11.9. The number of anilines is 1. The molecule has 0 spiro atoms. The fourth-order valence-electron chi connectivity index (χ4n) is 2.96. The molecule has 0 saturated heterocycles. The van der Waals surface area contributed by atoms with Crippen molar-refractivity contribution in [2.45, 2.75) is 18.4 Å². The molecule has 0 atom stereocenters. The maximum absolute atomic E-state index is 12.9. The van der Waals surface area contributed by atoms with E-state index < -0.39 is 0 Å². The fraction of sp³-hybridized carbons (Fsp3) is 0.278. The van der Waals surface area contributed by atoms with Crippen molar-refractivity contribution in [3.8, 4) is 11.6 Å². The number of aromatic nitrogens is 4. The van der Waals surface area contributed by atoms with Crippen LogP contribution in [0.5, 0.6) is 5.88 Å². The van der Waals surface area contributed by atoms with Gasteiger partial charge in [-0.15, -0.1) is 5.10 Å². The predicted molar refractivity (Wildman–Crippen MR) is 101 cm³/mol. The van der Waals surface area contributed by atoms with E-state index in [1.165, 1.54) is 12.7 Å². The summed E-state index contributed by atoms with van der Waals surface area (Å²) >= 11 is 1.80. The Hall–Kier alpha value is -2.74. The molecule has 8 heteroatoms. The number of aryl methyl sites for hydroxylation is 2. The first-order chi connectivity index (χ1) is 12.6. The van der Waals surface area contributed by atoms with Gasteiger partial charge in [0.05, 0.1) is 18.5 Å². The number of nitrogens with one attached hydrogen (secondary N) is 1. The van der Waals surface area contributed by atoms with Crippen LogP contribution in [0.15, 0.2) is 30.5 Å². The van der Waals surface area contributed by atoms with Gasteiger partial charge < -0.3 is 10.1 Å². The smallest absolute Gasteiger partial charge is 0.263 e. The van der Waals surface area contributed by atoms with Gasteiger partial charge in [-0.25, -0.2) is 4.68 Å². The van der Waals surface area contributed by atoms with Crippen molar-refractivity contribution in [3.05, 3.63) is 52.8 Å². The van der Waals surface area contributed by atoms with Crippen LogP contribution < -0.4 is 10.1 Å². The Labute approximate surface area is 155 Å². The normalized spacial score (nSPS) is 12.9. The number of rotatable bonds is 4. The minimum atomic E-state index is -0.261. The molecule has 0 bridgehead atoms. The van der Waals surface area contributed by atoms with Gasteiger partial charge in [0, 0.05) is 30.3 Å². The average Bonchev–Trinajstić information content (AvgIpc) is 3.31. The maximum atomic E-state index is 12.9. The molecule has 0 fully saturated rings. The number of ether oxygens (including phenoxy) is 1. The largest absolute Gasteiger partial charge is 0.479 e. The van der Waals surface area contributed by atoms with E-state index in [4.69, 9.17) is 9.84 Å². The molecule has 0 radical (unpaired) electrons. The highest BCUT2D eigenvalue weighted by atomic mass is 32.2. The van der Waals surface area contributed by atoms with E-state index in [1.807, 2.05) is 35.9 Å². The zero-order valence-corrected chi connectivity index (χ0v) is 15.6. The van der Waals surface area contributed by atoms with Gasteiger partial charge in [0.2, 0.25) is 5.88 Å². The molecule has 7 nitrogen and oxygen atoms in total. The van der Waals surface area contributed by atoms with Gasteiger partial charge >= 0.3 is 0 Å². The summed E-state index contributed by atoms with van der Waals surface area (Å²) in [6, 6.07) is 8.08. The van der Waals surface area contributed by atoms with Gasteiger partial charge in [0.1, 0.15) is 11.4 Å². The molecule has 1 amide bonds. The minimum absolute atomic E-state index is 0.261. The van der Waals surface area contributed by atoms with Crippen molar-refractivity contribution in [3.63, 3.8) is 0 Å². The van der Waals surface area contributed by atoms with Crippen molar-refractivity contribution in [1.29, 1.82) is 0 Å². The predicted octanol–water partition coefficient (Wildman–Crippen LogP) is 2.92. The van der Waals surface area contributed by atoms with E-state index in [1.54, 1.807) is 29.7 Å². The molecule has 0 saturated carbocycles. The molecule has 0 aliphatic carbocycles. The van der Waals surface area contributed by atoms with Crippen LogP contribution in [0, 0.1) is 6.92 Å². The zero-order chi connectivity index (χ0) is 18.3. The summed E-state index contributed by atoms with van der Waals surface area (Å²) in [5.41, 5.74) is 4.58. The molecular formula is C18H19N5O2S. The number of fused-ring (bicyclic) bond motifs is 1. The van der Waals surface area contributed by atoms with Gasteiger partial charge in [0.15, 0.2) is 0 Å². The van der Waals surface area contributed by atoms with Gasteiger partial charge in [0.25, 0.3) is 5.91 Å². The van der Waals surface area contributed by atoms with Crippen LogP contribution in [0.1, 0.15) is 27.2 Å². The lowest BCUT2D eigenvalue weighted by Gasteiger charge is -2.11. The van der Waals surface area contributed by atoms with E-state index in [9.17, 15) is 4.79 Å². The van der Waals surface area contributed by atoms with E-state index in [-0.39, 0.29) is 5.91 Å². The second-order valence-electron chi connectivity index (χ2n) is 6.19. The van der Waals surface area contributed by atoms with Crippen molar-refractivity contribution >= 4 is 23.5 Å². The third-order valence-electron chi connectivity index (χ3n) is 4.30. The second-order valence-corrected chi connectivity index (χ2v) is 7.18. The summed E-state index contributed by atoms with van der Waals surface area (Å²) in [7, 11) is 3.26. The van der Waals surface area contributed by atoms with Crippen molar-refractivity contribution in [1.82, 2.24) is 19.6 Å². The summed E-state index contributed by atoms with van der Waals surface area (Å²) in [6.45, 7) is 2.04. The van der Waals surface area contributed by atoms with E-state index in [2.05, 4.69) is 10.4 Å². The highest BCUT2D eigenvalue weighted by molar-refractivity contribution is 7.98. The van der Waals surface area contributed by atoms with Crippen LogP contribution >= 0.6 is 11.8 Å². The first kappa shape index (κ1) is 16.7. The molecule has 1 aliphatic heterocycles. The lowest BCUT2D eigenvalue weighted by molar-refractivity contribution is 0.102. The molecule has 1 N–H and O–H groups in total. The van der Waals surface area contributed by atoms with Gasteiger partial charge in [-0.3, -0.25) is 9.48 Å². The van der Waals surface area contributed by atoms with E-state index in [0.29, 0.717) is 17.3 Å². The first-order valence-corrected chi connectivity index (χ1v) is 9.37. The standard InChI is InChI=1S/C18H19N5O2S/c1-11-4-6-12(7-5-11)23-16(14-9-26-10-15(14)20-23)19-17(24)13-8-22(2)21-18(13)25-3/h4-8H,9-10H2,1-3H3,(H,19,24). The Morgan fingerprint density at radius 3 is 2.73 bits per heavy atom. The van der Waals surface area contributed by atoms with Crippen LogP contribution in [0.3, 0.4) is 0 Å². The SMILES string of the molecule is COc1nn(C)cc1C(=O)Nc1c2c(nn1-c1ccc(C)cc1)CSC2. The lowest BCUT2D eigenvalue weighted by atomic mass is 10.2. The lowest BCUT2D eigenvalue weighted by Crippen LogP contribution is -2.16. The molecule has 26 heavy (non-hydrogen) atoms. The molecule has 1 aliphatic rings. The van der Waals surface area contributed by atoms with E-state index >= 15 is 0 Å². The molecule has 3 aromatic rings. The molecule has 0 unspecified atom stereocenters. The average molecular weight is 369 g/mol. The third kappa shape index (κ3) is 2.86. The number of amides is 1. The second kappa shape index (κ2) is 6.53. The highest BCUT2D eigenvalue weighted by Crippen LogP contribution is 2.36. The zero-order valence-electron chi connectivity index (χ0n) is 14.8. The Morgan fingerprint density at radius 2 is 2.00 bits per heavy atom. The van der Waals surface area contributed by atoms with Crippen molar-refractivity contribution in [2.75, 3.05) is 12.4 Å². The molecule has 3 heterocycles. The molecule has 1 aromatic carbocycles. The monoisotopic (exact) mass is 369 g/mol. The maximum Gasteiger partial charge on any atom is 0.263 e. The Balaban J connectivity index is 1.73. The Kier molecular flexibility index (Phi) is 4.20. The molecule has 2 aromatic heterocycles. The number of nitrogens with zero attached hydrogens (tertiary/aromatic N) is 4.